The molecule has 0 saturated carbocycles. The second kappa shape index (κ2) is 4.74. The molecule has 0 aromatic heterocycles. The van der Waals surface area contributed by atoms with Crippen LogP contribution in [0.2, 0.25) is 0 Å². The smallest absolute Gasteiger partial charge is 0.0333 e. The van der Waals surface area contributed by atoms with Gasteiger partial charge in [0.1, 0.15) is 0 Å². The predicted octanol–water partition coefficient (Wildman–Crippen LogP) is 2.19. The van der Waals surface area contributed by atoms with Crippen LogP contribution in [0.15, 0.2) is 12.2 Å². The van der Waals surface area contributed by atoms with E-state index in [1.165, 1.54) is 0 Å². The van der Waals surface area contributed by atoms with Gasteiger partial charge in [-0.3, -0.25) is 0 Å². The number of rotatable bonds is 1. The molecule has 8 heavy (non-hydrogen) atoms. The van der Waals surface area contributed by atoms with Crippen LogP contribution in [0.3, 0.4) is 0 Å². The molecule has 0 atom stereocenters. The summed E-state index contributed by atoms with van der Waals surface area (Å²) in [4.78, 5) is 0. The van der Waals surface area contributed by atoms with Gasteiger partial charge in [0, 0.05) is 12.3 Å². The third-order valence-corrected chi connectivity index (χ3v) is 0.710. The highest BCUT2D eigenvalue weighted by molar-refractivity contribution is 6.18. The lowest BCUT2D eigenvalue weighted by Crippen LogP contribution is -1.67. The first-order valence-electron chi connectivity index (χ1n) is 2.47. The molecule has 0 amide bonds. The van der Waals surface area contributed by atoms with Crippen molar-refractivity contribution in [1.29, 1.82) is 0 Å². The van der Waals surface area contributed by atoms with Gasteiger partial charge in [-0.25, -0.2) is 0 Å². The van der Waals surface area contributed by atoms with Crippen LogP contribution in [-0.2, 0) is 0 Å². The van der Waals surface area contributed by atoms with Crippen molar-refractivity contribution >= 4 is 11.6 Å². The van der Waals surface area contributed by atoms with E-state index in [2.05, 4.69) is 18.4 Å². The monoisotopic (exact) mass is 128 g/mol. The highest BCUT2D eigenvalue weighted by Crippen LogP contribution is 1.83. The van der Waals surface area contributed by atoms with Crippen LogP contribution >= 0.6 is 11.6 Å². The lowest BCUT2D eigenvalue weighted by molar-refractivity contribution is 1.29. The molecule has 0 nitrogen and oxygen atoms in total. The highest BCUT2D eigenvalue weighted by Gasteiger charge is 1.71. The third-order valence-electron chi connectivity index (χ3n) is 0.521. The Labute approximate surface area is 55.5 Å². The Bertz CT molecular complexity index is 125. The number of hydrogen-bond acceptors (Lipinski definition) is 0. The molecule has 0 aliphatic heterocycles. The molecule has 0 aliphatic carbocycles. The summed E-state index contributed by atoms with van der Waals surface area (Å²) in [5.41, 5.74) is 0.898. The first-order valence-corrected chi connectivity index (χ1v) is 3.01. The Morgan fingerprint density at radius 1 is 1.75 bits per heavy atom. The van der Waals surface area contributed by atoms with E-state index in [0.29, 0.717) is 5.88 Å². The van der Waals surface area contributed by atoms with E-state index in [-0.39, 0.29) is 0 Å². The van der Waals surface area contributed by atoms with E-state index >= 15 is 0 Å². The average molecular weight is 129 g/mol. The summed E-state index contributed by atoms with van der Waals surface area (Å²) in [5.74, 6) is 6.28. The molecule has 0 N–H and O–H groups in total. The number of allylic oxidation sites excluding steroid dienone is 1. The van der Waals surface area contributed by atoms with Crippen LogP contribution in [0.25, 0.3) is 0 Å². The van der Waals surface area contributed by atoms with Gasteiger partial charge in [0.2, 0.25) is 0 Å². The molecule has 0 aromatic rings. The standard InChI is InChI=1S/C7H9Cl/c1-7(2)5-3-4-6-8/h1,4,6H2,2H3. The van der Waals surface area contributed by atoms with Crippen molar-refractivity contribution in [1.82, 2.24) is 0 Å². The van der Waals surface area contributed by atoms with Gasteiger partial charge in [-0.05, 0) is 12.5 Å². The molecule has 1 heteroatoms. The summed E-state index contributed by atoms with van der Waals surface area (Å²) in [6.07, 6.45) is 0.758. The van der Waals surface area contributed by atoms with Crippen molar-refractivity contribution in [3.63, 3.8) is 0 Å². The predicted molar refractivity (Wildman–Crippen MR) is 37.9 cm³/mol. The van der Waals surface area contributed by atoms with Crippen LogP contribution in [-0.4, -0.2) is 5.88 Å². The summed E-state index contributed by atoms with van der Waals surface area (Å²) in [6.45, 7) is 5.49. The molecule has 0 bridgehead atoms. The van der Waals surface area contributed by atoms with Crippen LogP contribution in [0.4, 0.5) is 0 Å². The first kappa shape index (κ1) is 7.59. The van der Waals surface area contributed by atoms with Crippen LogP contribution in [0.5, 0.6) is 0 Å². The van der Waals surface area contributed by atoms with Crippen molar-refractivity contribution in [3.05, 3.63) is 12.2 Å². The SMILES string of the molecule is C=C(C)C#CCCCl. The van der Waals surface area contributed by atoms with E-state index in [1.54, 1.807) is 0 Å². The maximum Gasteiger partial charge on any atom is 0.0333 e. The zero-order chi connectivity index (χ0) is 6.41. The van der Waals surface area contributed by atoms with Crippen molar-refractivity contribution in [2.24, 2.45) is 0 Å². The molecule has 0 saturated heterocycles. The van der Waals surface area contributed by atoms with Gasteiger partial charge < -0.3 is 0 Å². The summed E-state index contributed by atoms with van der Waals surface area (Å²) >= 11 is 5.35. The van der Waals surface area contributed by atoms with Gasteiger partial charge in [0.25, 0.3) is 0 Å². The molecule has 0 aromatic carbocycles. The maximum atomic E-state index is 5.35. The minimum absolute atomic E-state index is 0.611. The second-order valence-electron chi connectivity index (χ2n) is 1.52. The molecule has 0 heterocycles. The Balaban J connectivity index is 3.35. The fourth-order valence-electron chi connectivity index (χ4n) is 0.261. The molecule has 0 fully saturated rings. The molecular formula is C7H9Cl. The van der Waals surface area contributed by atoms with E-state index in [4.69, 9.17) is 11.6 Å². The first-order chi connectivity index (χ1) is 3.77. The van der Waals surface area contributed by atoms with Crippen molar-refractivity contribution in [2.75, 3.05) is 5.88 Å². The lowest BCUT2D eigenvalue weighted by Gasteiger charge is -1.76. The summed E-state index contributed by atoms with van der Waals surface area (Å²) in [7, 11) is 0. The molecule has 0 unspecified atom stereocenters. The van der Waals surface area contributed by atoms with Crippen molar-refractivity contribution < 1.29 is 0 Å². The minimum atomic E-state index is 0.611. The van der Waals surface area contributed by atoms with Gasteiger partial charge in [-0.1, -0.05) is 18.4 Å². The second-order valence-corrected chi connectivity index (χ2v) is 1.90. The Morgan fingerprint density at radius 3 is 2.75 bits per heavy atom. The zero-order valence-corrected chi connectivity index (χ0v) is 5.76. The average Bonchev–Trinajstić information content (AvgIpc) is 1.66. The lowest BCUT2D eigenvalue weighted by atomic mass is 10.3. The Hall–Kier alpha value is -0.410. The quantitative estimate of drug-likeness (QED) is 0.375. The molecule has 0 radical (unpaired) electrons. The maximum absolute atomic E-state index is 5.35. The normalized spacial score (nSPS) is 7.25. The summed E-state index contributed by atoms with van der Waals surface area (Å²) in [6, 6.07) is 0. The molecular weight excluding hydrogens is 120 g/mol. The molecule has 0 rings (SSSR count). The molecule has 44 valence electrons. The largest absolute Gasteiger partial charge is 0.126 e. The van der Waals surface area contributed by atoms with Gasteiger partial charge in [0.05, 0.1) is 0 Å². The minimum Gasteiger partial charge on any atom is -0.126 e. The number of hydrogen-bond donors (Lipinski definition) is 0. The van der Waals surface area contributed by atoms with Crippen LogP contribution in [0, 0.1) is 11.8 Å². The van der Waals surface area contributed by atoms with E-state index in [9.17, 15) is 0 Å². The summed E-state index contributed by atoms with van der Waals surface area (Å²) in [5, 5.41) is 0. The fourth-order valence-corrected chi connectivity index (χ4v) is 0.355. The molecule has 0 aliphatic rings. The van der Waals surface area contributed by atoms with Crippen molar-refractivity contribution in [3.8, 4) is 11.8 Å². The van der Waals surface area contributed by atoms with E-state index in [0.717, 1.165) is 12.0 Å². The van der Waals surface area contributed by atoms with Gasteiger partial charge >= 0.3 is 0 Å². The zero-order valence-electron chi connectivity index (χ0n) is 5.00. The third kappa shape index (κ3) is 5.59. The van der Waals surface area contributed by atoms with Crippen LogP contribution < -0.4 is 0 Å². The fraction of sp³-hybridized carbons (Fsp3) is 0.429. The van der Waals surface area contributed by atoms with E-state index in [1.807, 2.05) is 6.92 Å². The van der Waals surface area contributed by atoms with Gasteiger partial charge in [0.15, 0.2) is 0 Å². The topological polar surface area (TPSA) is 0 Å². The van der Waals surface area contributed by atoms with E-state index < -0.39 is 0 Å². The number of alkyl halides is 1. The Kier molecular flexibility index (Phi) is 4.50. The Morgan fingerprint density at radius 2 is 2.38 bits per heavy atom. The van der Waals surface area contributed by atoms with Gasteiger partial charge in [-0.2, -0.15) is 0 Å². The van der Waals surface area contributed by atoms with Crippen molar-refractivity contribution in [2.45, 2.75) is 13.3 Å². The summed E-state index contributed by atoms with van der Waals surface area (Å²) < 4.78 is 0. The van der Waals surface area contributed by atoms with Gasteiger partial charge in [-0.15, -0.1) is 11.6 Å². The molecule has 0 spiro atoms. The number of halogens is 1. The highest BCUT2D eigenvalue weighted by atomic mass is 35.5. The van der Waals surface area contributed by atoms with Crippen LogP contribution in [0.1, 0.15) is 13.3 Å².